The highest BCUT2D eigenvalue weighted by molar-refractivity contribution is 7.91. The van der Waals surface area contributed by atoms with E-state index in [1.165, 1.54) is 13.0 Å². The summed E-state index contributed by atoms with van der Waals surface area (Å²) in [5, 5.41) is 0.697. The van der Waals surface area contributed by atoms with Gasteiger partial charge in [-0.3, -0.25) is 9.52 Å². The van der Waals surface area contributed by atoms with Crippen LogP contribution < -0.4 is 10.3 Å². The fourth-order valence-corrected chi connectivity index (χ4v) is 4.81. The molecule has 0 bridgehead atoms. The van der Waals surface area contributed by atoms with E-state index in [-0.39, 0.29) is 22.4 Å². The zero-order valence-corrected chi connectivity index (χ0v) is 18.2. The van der Waals surface area contributed by atoms with E-state index in [1.807, 2.05) is 6.92 Å². The van der Waals surface area contributed by atoms with Crippen molar-refractivity contribution in [3.8, 4) is 0 Å². The van der Waals surface area contributed by atoms with E-state index in [0.29, 0.717) is 28.6 Å². The van der Waals surface area contributed by atoms with Crippen LogP contribution in [-0.4, -0.2) is 13.0 Å². The van der Waals surface area contributed by atoms with Crippen LogP contribution in [0.15, 0.2) is 35.1 Å². The summed E-state index contributed by atoms with van der Waals surface area (Å²) in [4.78, 5) is 12.1. The summed E-state index contributed by atoms with van der Waals surface area (Å²) >= 11 is 0. The molecule has 3 rings (SSSR count). The maximum absolute atomic E-state index is 14.4. The van der Waals surface area contributed by atoms with Gasteiger partial charge in [-0.2, -0.15) is 0 Å². The van der Waals surface area contributed by atoms with Gasteiger partial charge < -0.3 is 4.57 Å². The van der Waals surface area contributed by atoms with Crippen LogP contribution in [0.4, 0.5) is 14.5 Å². The SMILES string of the molecule is CCCn1c(=O)ccc2cc(NS(=O)(=O)Cc3c(C)c(C)c(C)c(F)c3F)ccc21. The third kappa shape index (κ3) is 4.09. The molecule has 160 valence electrons. The van der Waals surface area contributed by atoms with Crippen molar-refractivity contribution >= 4 is 26.6 Å². The highest BCUT2D eigenvalue weighted by atomic mass is 32.2. The number of benzene rings is 2. The predicted octanol–water partition coefficient (Wildman–Crippen LogP) is 4.56. The van der Waals surface area contributed by atoms with Gasteiger partial charge >= 0.3 is 0 Å². The Morgan fingerprint density at radius 2 is 1.67 bits per heavy atom. The van der Waals surface area contributed by atoms with E-state index in [1.54, 1.807) is 42.7 Å². The number of halogens is 2. The average molecular weight is 435 g/mol. The van der Waals surface area contributed by atoms with Crippen LogP contribution in [0, 0.1) is 32.4 Å². The van der Waals surface area contributed by atoms with Gasteiger partial charge in [-0.15, -0.1) is 0 Å². The maximum atomic E-state index is 14.4. The molecule has 1 aromatic heterocycles. The van der Waals surface area contributed by atoms with E-state index >= 15 is 0 Å². The Morgan fingerprint density at radius 3 is 2.33 bits per heavy atom. The van der Waals surface area contributed by atoms with Gasteiger partial charge in [0, 0.05) is 29.2 Å². The minimum Gasteiger partial charge on any atom is -0.308 e. The van der Waals surface area contributed by atoms with Gasteiger partial charge in [0.1, 0.15) is 0 Å². The molecule has 0 aliphatic rings. The van der Waals surface area contributed by atoms with Crippen molar-refractivity contribution in [3.63, 3.8) is 0 Å². The maximum Gasteiger partial charge on any atom is 0.251 e. The largest absolute Gasteiger partial charge is 0.308 e. The third-order valence-corrected chi connectivity index (χ3v) is 6.62. The summed E-state index contributed by atoms with van der Waals surface area (Å²) in [6, 6.07) is 7.90. The van der Waals surface area contributed by atoms with Crippen molar-refractivity contribution < 1.29 is 17.2 Å². The molecule has 2 aromatic carbocycles. The van der Waals surface area contributed by atoms with Crippen LogP contribution in [0.5, 0.6) is 0 Å². The number of aryl methyl sites for hydroxylation is 1. The number of pyridine rings is 1. The Labute approximate surface area is 174 Å². The number of nitrogens with zero attached hydrogens (tertiary/aromatic N) is 1. The van der Waals surface area contributed by atoms with Crippen LogP contribution in [0.3, 0.4) is 0 Å². The molecule has 1 N–H and O–H groups in total. The lowest BCUT2D eigenvalue weighted by Crippen LogP contribution is -2.20. The van der Waals surface area contributed by atoms with Crippen LogP contribution in [0.1, 0.15) is 35.6 Å². The van der Waals surface area contributed by atoms with Gasteiger partial charge in [0.05, 0.1) is 11.3 Å². The summed E-state index contributed by atoms with van der Waals surface area (Å²) in [6.45, 7) is 7.20. The first-order valence-corrected chi connectivity index (χ1v) is 11.3. The topological polar surface area (TPSA) is 68.2 Å². The first kappa shape index (κ1) is 22.0. The smallest absolute Gasteiger partial charge is 0.251 e. The van der Waals surface area contributed by atoms with Crippen molar-refractivity contribution in [1.29, 1.82) is 0 Å². The van der Waals surface area contributed by atoms with E-state index < -0.39 is 27.4 Å². The van der Waals surface area contributed by atoms with E-state index in [9.17, 15) is 22.0 Å². The van der Waals surface area contributed by atoms with Crippen molar-refractivity contribution in [1.82, 2.24) is 4.57 Å². The Morgan fingerprint density at radius 1 is 0.967 bits per heavy atom. The number of nitrogens with one attached hydrogen (secondary N) is 1. The molecule has 0 fully saturated rings. The zero-order chi connectivity index (χ0) is 22.2. The zero-order valence-electron chi connectivity index (χ0n) is 17.3. The van der Waals surface area contributed by atoms with E-state index in [0.717, 1.165) is 6.42 Å². The molecule has 1 heterocycles. The number of rotatable bonds is 6. The van der Waals surface area contributed by atoms with Gasteiger partial charge in [-0.1, -0.05) is 6.92 Å². The Hall–Kier alpha value is -2.74. The number of fused-ring (bicyclic) bond motifs is 1. The number of aromatic nitrogens is 1. The normalized spacial score (nSPS) is 11.8. The second kappa shape index (κ2) is 8.18. The highest BCUT2D eigenvalue weighted by Crippen LogP contribution is 2.27. The number of hydrogen-bond donors (Lipinski definition) is 1. The molecule has 3 aromatic rings. The molecule has 0 amide bonds. The molecule has 5 nitrogen and oxygen atoms in total. The monoisotopic (exact) mass is 434 g/mol. The van der Waals surface area contributed by atoms with Crippen molar-refractivity contribution in [2.75, 3.05) is 4.72 Å². The highest BCUT2D eigenvalue weighted by Gasteiger charge is 2.23. The standard InChI is InChI=1S/C22H24F2N2O3S/c1-5-10-26-19-8-7-17(11-16(19)6-9-20(26)27)25-30(28,29)12-18-14(3)13(2)15(4)21(23)22(18)24/h6-9,11,25H,5,10,12H2,1-4H3. The molecule has 0 unspecified atom stereocenters. The second-order valence-corrected chi connectivity index (χ2v) is 9.16. The lowest BCUT2D eigenvalue weighted by molar-refractivity contribution is 0.493. The van der Waals surface area contributed by atoms with Gasteiger partial charge in [0.15, 0.2) is 11.6 Å². The van der Waals surface area contributed by atoms with Gasteiger partial charge in [0.25, 0.3) is 5.56 Å². The predicted molar refractivity (Wildman–Crippen MR) is 115 cm³/mol. The van der Waals surface area contributed by atoms with Crippen molar-refractivity contribution in [3.05, 3.63) is 74.6 Å². The van der Waals surface area contributed by atoms with Gasteiger partial charge in [0.2, 0.25) is 10.0 Å². The summed E-state index contributed by atoms with van der Waals surface area (Å²) in [5.74, 6) is -2.85. The van der Waals surface area contributed by atoms with Crippen LogP contribution in [-0.2, 0) is 22.3 Å². The Balaban J connectivity index is 1.96. The summed E-state index contributed by atoms with van der Waals surface area (Å²) < 4.78 is 58.0. The Bertz CT molecular complexity index is 1270. The molecule has 0 saturated heterocycles. The average Bonchev–Trinajstić information content (AvgIpc) is 2.70. The summed E-state index contributed by atoms with van der Waals surface area (Å²) in [7, 11) is -4.00. The minimum atomic E-state index is -4.00. The minimum absolute atomic E-state index is 0.125. The molecular formula is C22H24F2N2O3S. The summed E-state index contributed by atoms with van der Waals surface area (Å²) in [5.41, 5.74) is 1.79. The van der Waals surface area contributed by atoms with Crippen LogP contribution >= 0.6 is 0 Å². The molecule has 0 saturated carbocycles. The third-order valence-electron chi connectivity index (χ3n) is 5.41. The number of sulfonamides is 1. The first-order chi connectivity index (χ1) is 14.1. The Kier molecular flexibility index (Phi) is 5.99. The van der Waals surface area contributed by atoms with Crippen molar-refractivity contribution in [2.24, 2.45) is 0 Å². The van der Waals surface area contributed by atoms with Crippen molar-refractivity contribution in [2.45, 2.75) is 46.4 Å². The molecule has 0 spiro atoms. The van der Waals surface area contributed by atoms with E-state index in [4.69, 9.17) is 0 Å². The van der Waals surface area contributed by atoms with Crippen LogP contribution in [0.25, 0.3) is 10.9 Å². The second-order valence-electron chi connectivity index (χ2n) is 7.44. The lowest BCUT2D eigenvalue weighted by atomic mass is 9.98. The molecule has 0 aliphatic heterocycles. The number of anilines is 1. The molecule has 0 aliphatic carbocycles. The fourth-order valence-electron chi connectivity index (χ4n) is 3.53. The number of hydrogen-bond acceptors (Lipinski definition) is 3. The van der Waals surface area contributed by atoms with Crippen LogP contribution in [0.2, 0.25) is 0 Å². The molecule has 0 radical (unpaired) electrons. The van der Waals surface area contributed by atoms with E-state index in [2.05, 4.69) is 4.72 Å². The van der Waals surface area contributed by atoms with Gasteiger partial charge in [-0.25, -0.2) is 17.2 Å². The summed E-state index contributed by atoms with van der Waals surface area (Å²) in [6.07, 6.45) is 0.783. The molecular weight excluding hydrogens is 410 g/mol. The molecule has 8 heteroatoms. The quantitative estimate of drug-likeness (QED) is 0.619. The lowest BCUT2D eigenvalue weighted by Gasteiger charge is -2.16. The molecule has 30 heavy (non-hydrogen) atoms. The fraction of sp³-hybridized carbons (Fsp3) is 0.318. The van der Waals surface area contributed by atoms with Gasteiger partial charge in [-0.05, 0) is 68.1 Å². The first-order valence-electron chi connectivity index (χ1n) is 9.63. The molecule has 0 atom stereocenters.